The Kier molecular flexibility index (Phi) is 3.80. The molecule has 1 unspecified atom stereocenters. The molecule has 21 heavy (non-hydrogen) atoms. The highest BCUT2D eigenvalue weighted by Crippen LogP contribution is 2.28. The van der Waals surface area contributed by atoms with Gasteiger partial charge in [0.15, 0.2) is 5.65 Å². The molecule has 0 aliphatic carbocycles. The largest absolute Gasteiger partial charge is 0.309 e. The summed E-state index contributed by atoms with van der Waals surface area (Å²) in [5, 5.41) is 4.47. The highest BCUT2D eigenvalue weighted by atomic mass is 35.5. The number of hydrogen-bond acceptors (Lipinski definition) is 3. The maximum atomic E-state index is 6.11. The number of hydrogen-bond donors (Lipinski definition) is 0. The van der Waals surface area contributed by atoms with Crippen molar-refractivity contribution in [1.82, 2.24) is 19.3 Å². The Labute approximate surface area is 133 Å². The Morgan fingerprint density at radius 1 is 1.33 bits per heavy atom. The minimum Gasteiger partial charge on any atom is -0.309 e. The van der Waals surface area contributed by atoms with Gasteiger partial charge in [0.1, 0.15) is 11.3 Å². The average Bonchev–Trinajstić information content (AvgIpc) is 3.07. The molecule has 4 nitrogen and oxygen atoms in total. The zero-order chi connectivity index (χ0) is 15.1. The molecule has 0 fully saturated rings. The number of halogens is 1. The van der Waals surface area contributed by atoms with Gasteiger partial charge in [-0.2, -0.15) is 5.10 Å². The second-order valence-electron chi connectivity index (χ2n) is 5.48. The van der Waals surface area contributed by atoms with Crippen LogP contribution in [0.3, 0.4) is 0 Å². The van der Waals surface area contributed by atoms with E-state index in [1.54, 1.807) is 0 Å². The number of aryl methyl sites for hydroxylation is 3. The molecule has 1 atom stereocenters. The maximum Gasteiger partial charge on any atom is 0.158 e. The normalized spacial score (nSPS) is 13.2. The summed E-state index contributed by atoms with van der Waals surface area (Å²) in [6.07, 6.45) is 0.984. The van der Waals surface area contributed by atoms with Crippen LogP contribution in [0.4, 0.5) is 0 Å². The fourth-order valence-corrected chi connectivity index (χ4v) is 4.07. The second kappa shape index (κ2) is 5.46. The van der Waals surface area contributed by atoms with Crippen molar-refractivity contribution in [2.45, 2.75) is 39.1 Å². The van der Waals surface area contributed by atoms with Crippen LogP contribution in [0.1, 0.15) is 34.2 Å². The van der Waals surface area contributed by atoms with Gasteiger partial charge >= 0.3 is 0 Å². The van der Waals surface area contributed by atoms with Gasteiger partial charge in [-0.1, -0.05) is 0 Å². The summed E-state index contributed by atoms with van der Waals surface area (Å²) in [7, 11) is 1.97. The first-order chi connectivity index (χ1) is 10.0. The lowest BCUT2D eigenvalue weighted by Gasteiger charge is -2.16. The highest BCUT2D eigenvalue weighted by molar-refractivity contribution is 7.11. The van der Waals surface area contributed by atoms with Crippen molar-refractivity contribution in [3.63, 3.8) is 0 Å². The van der Waals surface area contributed by atoms with Gasteiger partial charge in [-0.05, 0) is 32.9 Å². The highest BCUT2D eigenvalue weighted by Gasteiger charge is 2.21. The van der Waals surface area contributed by atoms with Crippen molar-refractivity contribution >= 4 is 34.1 Å². The first-order valence-corrected chi connectivity index (χ1v) is 8.38. The molecule has 3 aromatic rings. The molecule has 3 rings (SSSR count). The van der Waals surface area contributed by atoms with E-state index >= 15 is 0 Å². The summed E-state index contributed by atoms with van der Waals surface area (Å²) < 4.78 is 4.14. The Hall–Kier alpha value is -1.33. The average molecular weight is 323 g/mol. The number of rotatable bonds is 4. The molecule has 112 valence electrons. The van der Waals surface area contributed by atoms with Crippen molar-refractivity contribution in [3.8, 4) is 0 Å². The van der Waals surface area contributed by atoms with Gasteiger partial charge in [-0.15, -0.1) is 22.9 Å². The Morgan fingerprint density at radius 2 is 2.10 bits per heavy atom. The van der Waals surface area contributed by atoms with Crippen LogP contribution < -0.4 is 0 Å². The molecule has 0 aliphatic heterocycles. The molecule has 0 aromatic carbocycles. The van der Waals surface area contributed by atoms with Crippen LogP contribution in [0, 0.1) is 13.8 Å². The Morgan fingerprint density at radius 3 is 2.71 bits per heavy atom. The van der Waals surface area contributed by atoms with Gasteiger partial charge in [-0.3, -0.25) is 4.68 Å². The van der Waals surface area contributed by atoms with E-state index in [2.05, 4.69) is 40.6 Å². The SMILES string of the molecule is Cc1ccc(CC(C)n2c(CCl)nc3c(C)nn(C)c32)s1. The molecule has 0 amide bonds. The third-order valence-corrected chi connectivity index (χ3v) is 5.02. The van der Waals surface area contributed by atoms with E-state index in [1.807, 2.05) is 30.0 Å². The lowest BCUT2D eigenvalue weighted by Crippen LogP contribution is -2.13. The van der Waals surface area contributed by atoms with Crippen LogP contribution in [0.5, 0.6) is 0 Å². The Balaban J connectivity index is 2.05. The van der Waals surface area contributed by atoms with Crippen LogP contribution >= 0.6 is 22.9 Å². The van der Waals surface area contributed by atoms with E-state index in [9.17, 15) is 0 Å². The molecular weight excluding hydrogens is 304 g/mol. The maximum absolute atomic E-state index is 6.11. The monoisotopic (exact) mass is 322 g/mol. The van der Waals surface area contributed by atoms with Crippen LogP contribution in [-0.4, -0.2) is 19.3 Å². The molecule has 0 spiro atoms. The van der Waals surface area contributed by atoms with Gasteiger partial charge in [0, 0.05) is 29.3 Å². The summed E-state index contributed by atoms with van der Waals surface area (Å²) in [6.45, 7) is 6.35. The van der Waals surface area contributed by atoms with Crippen LogP contribution in [0.15, 0.2) is 12.1 Å². The van der Waals surface area contributed by atoms with Gasteiger partial charge < -0.3 is 4.57 Å². The van der Waals surface area contributed by atoms with E-state index in [4.69, 9.17) is 11.6 Å². The number of nitrogens with zero attached hydrogens (tertiary/aromatic N) is 4. The van der Waals surface area contributed by atoms with E-state index < -0.39 is 0 Å². The van der Waals surface area contributed by atoms with Crippen LogP contribution in [0.2, 0.25) is 0 Å². The molecule has 0 bridgehead atoms. The third-order valence-electron chi connectivity index (χ3n) is 3.76. The van der Waals surface area contributed by atoms with Gasteiger partial charge in [0.25, 0.3) is 0 Å². The quantitative estimate of drug-likeness (QED) is 0.681. The first kappa shape index (κ1) is 14.6. The van der Waals surface area contributed by atoms with Gasteiger partial charge in [0.2, 0.25) is 0 Å². The number of thiophene rings is 1. The molecule has 3 aromatic heterocycles. The minimum atomic E-state index is 0.302. The topological polar surface area (TPSA) is 35.6 Å². The number of imidazole rings is 1. The summed E-state index contributed by atoms with van der Waals surface area (Å²) in [6, 6.07) is 4.68. The predicted molar refractivity (Wildman–Crippen MR) is 88.3 cm³/mol. The van der Waals surface area contributed by atoms with Crippen molar-refractivity contribution in [3.05, 3.63) is 33.4 Å². The zero-order valence-corrected chi connectivity index (χ0v) is 14.3. The molecule has 0 saturated carbocycles. The van der Waals surface area contributed by atoms with E-state index in [-0.39, 0.29) is 0 Å². The predicted octanol–water partition coefficient (Wildman–Crippen LogP) is 3.99. The number of alkyl halides is 1. The third kappa shape index (κ3) is 2.49. The fraction of sp³-hybridized carbons (Fsp3) is 0.467. The lowest BCUT2D eigenvalue weighted by atomic mass is 10.2. The van der Waals surface area contributed by atoms with E-state index in [0.29, 0.717) is 11.9 Å². The number of aromatic nitrogens is 4. The summed E-state index contributed by atoms with van der Waals surface area (Å²) in [5.41, 5.74) is 2.98. The molecule has 0 N–H and O–H groups in total. The van der Waals surface area contributed by atoms with E-state index in [1.165, 1.54) is 9.75 Å². The molecule has 0 aliphatic rings. The van der Waals surface area contributed by atoms with Gasteiger partial charge in [0.05, 0.1) is 11.6 Å². The van der Waals surface area contributed by atoms with Crippen LogP contribution in [-0.2, 0) is 19.3 Å². The van der Waals surface area contributed by atoms with Crippen LogP contribution in [0.25, 0.3) is 11.2 Å². The molecule has 3 heterocycles. The van der Waals surface area contributed by atoms with E-state index in [0.717, 1.165) is 29.1 Å². The smallest absolute Gasteiger partial charge is 0.158 e. The fourth-order valence-electron chi connectivity index (χ4n) is 2.88. The summed E-state index contributed by atoms with van der Waals surface area (Å²) in [5.74, 6) is 1.34. The Bertz CT molecular complexity index is 783. The first-order valence-electron chi connectivity index (χ1n) is 7.03. The van der Waals surface area contributed by atoms with Crippen molar-refractivity contribution in [2.24, 2.45) is 7.05 Å². The molecule has 6 heteroatoms. The standard InChI is InChI=1S/C15H19ClN4S/c1-9(7-12-6-5-10(2)21-12)20-13(8-16)17-14-11(3)18-19(4)15(14)20/h5-6,9H,7-8H2,1-4H3. The number of fused-ring (bicyclic) bond motifs is 1. The zero-order valence-electron chi connectivity index (χ0n) is 12.7. The van der Waals surface area contributed by atoms with Crippen molar-refractivity contribution in [1.29, 1.82) is 0 Å². The summed E-state index contributed by atoms with van der Waals surface area (Å²) in [4.78, 5) is 7.41. The van der Waals surface area contributed by atoms with Crippen molar-refractivity contribution in [2.75, 3.05) is 0 Å². The lowest BCUT2D eigenvalue weighted by molar-refractivity contribution is 0.533. The molecular formula is C15H19ClN4S. The van der Waals surface area contributed by atoms with Crippen molar-refractivity contribution < 1.29 is 0 Å². The minimum absolute atomic E-state index is 0.302. The summed E-state index contributed by atoms with van der Waals surface area (Å²) >= 11 is 7.96. The van der Waals surface area contributed by atoms with Gasteiger partial charge in [-0.25, -0.2) is 4.98 Å². The molecule has 0 saturated heterocycles. The second-order valence-corrected chi connectivity index (χ2v) is 7.12. The molecule has 0 radical (unpaired) electrons.